The van der Waals surface area contributed by atoms with Gasteiger partial charge in [0.25, 0.3) is 11.8 Å². The van der Waals surface area contributed by atoms with Gasteiger partial charge < -0.3 is 19.9 Å². The average molecular weight is 365 g/mol. The Hall–Kier alpha value is -3.61. The first-order valence-corrected chi connectivity index (χ1v) is 8.39. The van der Waals surface area contributed by atoms with Gasteiger partial charge in [-0.05, 0) is 38.1 Å². The van der Waals surface area contributed by atoms with E-state index in [2.05, 4.69) is 15.8 Å². The van der Waals surface area contributed by atoms with Crippen LogP contribution in [-0.2, 0) is 4.79 Å². The molecule has 0 saturated heterocycles. The van der Waals surface area contributed by atoms with Crippen molar-refractivity contribution < 1.29 is 18.8 Å². The summed E-state index contributed by atoms with van der Waals surface area (Å²) in [5.74, 6) is 0.480. The molecule has 0 radical (unpaired) electrons. The van der Waals surface area contributed by atoms with Gasteiger partial charge in [0.2, 0.25) is 0 Å². The maximum atomic E-state index is 12.6. The topological polar surface area (TPSA) is 93.5 Å². The van der Waals surface area contributed by atoms with Gasteiger partial charge in [0.15, 0.2) is 11.9 Å². The number of para-hydroxylation sites is 2. The van der Waals surface area contributed by atoms with Crippen LogP contribution in [0.25, 0.3) is 0 Å². The number of aromatic nitrogens is 1. The molecule has 0 bridgehead atoms. The van der Waals surface area contributed by atoms with E-state index < -0.39 is 12.0 Å². The molecule has 0 aliphatic heterocycles. The highest BCUT2D eigenvalue weighted by molar-refractivity contribution is 6.06. The first-order chi connectivity index (χ1) is 13.0. The molecule has 0 saturated carbocycles. The van der Waals surface area contributed by atoms with Crippen LogP contribution in [0, 0.1) is 6.92 Å². The number of carbonyl (C=O) groups is 2. The Morgan fingerprint density at radius 3 is 2.44 bits per heavy atom. The highest BCUT2D eigenvalue weighted by Crippen LogP contribution is 2.21. The number of hydrogen-bond acceptors (Lipinski definition) is 5. The summed E-state index contributed by atoms with van der Waals surface area (Å²) < 4.78 is 10.6. The lowest BCUT2D eigenvalue weighted by molar-refractivity contribution is -0.122. The van der Waals surface area contributed by atoms with Crippen molar-refractivity contribution in [3.8, 4) is 5.75 Å². The smallest absolute Gasteiger partial charge is 0.266 e. The van der Waals surface area contributed by atoms with Crippen LogP contribution in [0.15, 0.2) is 65.2 Å². The van der Waals surface area contributed by atoms with Gasteiger partial charge in [-0.15, -0.1) is 0 Å². The maximum Gasteiger partial charge on any atom is 0.266 e. The highest BCUT2D eigenvalue weighted by atomic mass is 16.5. The number of aryl methyl sites for hydroxylation is 1. The summed E-state index contributed by atoms with van der Waals surface area (Å²) in [6, 6.07) is 17.5. The second-order valence-electron chi connectivity index (χ2n) is 5.89. The molecule has 27 heavy (non-hydrogen) atoms. The van der Waals surface area contributed by atoms with Crippen LogP contribution < -0.4 is 15.4 Å². The summed E-state index contributed by atoms with van der Waals surface area (Å²) >= 11 is 0. The van der Waals surface area contributed by atoms with Gasteiger partial charge in [0.05, 0.1) is 5.56 Å². The van der Waals surface area contributed by atoms with Crippen LogP contribution >= 0.6 is 0 Å². The minimum atomic E-state index is -0.840. The van der Waals surface area contributed by atoms with E-state index in [1.165, 1.54) is 0 Å². The molecule has 1 atom stereocenters. The minimum absolute atomic E-state index is 0.308. The van der Waals surface area contributed by atoms with Crippen LogP contribution in [0.2, 0.25) is 0 Å². The van der Waals surface area contributed by atoms with Crippen molar-refractivity contribution in [2.75, 3.05) is 10.6 Å². The zero-order valence-electron chi connectivity index (χ0n) is 14.9. The minimum Gasteiger partial charge on any atom is -0.480 e. The summed E-state index contributed by atoms with van der Waals surface area (Å²) in [5.41, 5.74) is 1.00. The molecule has 0 unspecified atom stereocenters. The monoisotopic (exact) mass is 365 g/mol. The molecule has 2 N–H and O–H groups in total. The summed E-state index contributed by atoms with van der Waals surface area (Å²) in [6.07, 6.45) is -0.840. The first kappa shape index (κ1) is 18.2. The quantitative estimate of drug-likeness (QED) is 0.696. The second kappa shape index (κ2) is 8.18. The molecule has 1 heterocycles. The molecule has 7 heteroatoms. The first-order valence-electron chi connectivity index (χ1n) is 8.39. The average Bonchev–Trinajstić information content (AvgIpc) is 3.07. The van der Waals surface area contributed by atoms with Crippen LogP contribution in [0.5, 0.6) is 5.75 Å². The lowest BCUT2D eigenvalue weighted by atomic mass is 10.1. The predicted octanol–water partition coefficient (Wildman–Crippen LogP) is 3.64. The Bertz CT molecular complexity index is 937. The van der Waals surface area contributed by atoms with E-state index >= 15 is 0 Å². The number of nitrogens with zero attached hydrogens (tertiary/aromatic N) is 1. The van der Waals surface area contributed by atoms with Gasteiger partial charge in [0, 0.05) is 11.8 Å². The number of ether oxygens (including phenoxy) is 1. The molecular weight excluding hydrogens is 346 g/mol. The lowest BCUT2D eigenvalue weighted by Gasteiger charge is -2.16. The number of amides is 2. The Labute approximate surface area is 156 Å². The highest BCUT2D eigenvalue weighted by Gasteiger charge is 2.20. The van der Waals surface area contributed by atoms with E-state index in [1.807, 2.05) is 18.2 Å². The van der Waals surface area contributed by atoms with Crippen molar-refractivity contribution in [2.24, 2.45) is 0 Å². The predicted molar refractivity (Wildman–Crippen MR) is 101 cm³/mol. The van der Waals surface area contributed by atoms with E-state index in [9.17, 15) is 9.59 Å². The molecule has 3 rings (SSSR count). The fraction of sp³-hybridized carbons (Fsp3) is 0.150. The van der Waals surface area contributed by atoms with Gasteiger partial charge in [-0.2, -0.15) is 0 Å². The molecule has 0 fully saturated rings. The van der Waals surface area contributed by atoms with E-state index in [0.717, 1.165) is 0 Å². The van der Waals surface area contributed by atoms with Crippen LogP contribution in [-0.4, -0.2) is 23.1 Å². The molecule has 0 spiro atoms. The zero-order valence-corrected chi connectivity index (χ0v) is 14.9. The van der Waals surface area contributed by atoms with E-state index in [-0.39, 0.29) is 5.91 Å². The third-order valence-corrected chi connectivity index (χ3v) is 3.72. The number of hydrogen-bond donors (Lipinski definition) is 2. The standard InChI is InChI=1S/C20H19N3O4/c1-13-12-18(23-27-13)22-19(24)14(2)26-17-11-7-6-10-16(17)20(25)21-15-8-4-3-5-9-15/h3-12,14H,1-2H3,(H,21,25)(H,22,23,24)/t14-/m0/s1. The number of carbonyl (C=O) groups excluding carboxylic acids is 2. The second-order valence-corrected chi connectivity index (χ2v) is 5.89. The van der Waals surface area contributed by atoms with Crippen molar-refractivity contribution in [3.05, 3.63) is 72.0 Å². The Morgan fingerprint density at radius 1 is 1.04 bits per heavy atom. The van der Waals surface area contributed by atoms with Crippen molar-refractivity contribution >= 4 is 23.3 Å². The summed E-state index contributed by atoms with van der Waals surface area (Å²) in [7, 11) is 0. The van der Waals surface area contributed by atoms with Crippen molar-refractivity contribution in [1.29, 1.82) is 0 Å². The van der Waals surface area contributed by atoms with Crippen LogP contribution in [0.3, 0.4) is 0 Å². The molecular formula is C20H19N3O4. The van der Waals surface area contributed by atoms with Crippen molar-refractivity contribution in [1.82, 2.24) is 5.16 Å². The normalized spacial score (nSPS) is 11.5. The molecule has 0 aliphatic rings. The molecule has 7 nitrogen and oxygen atoms in total. The lowest BCUT2D eigenvalue weighted by Crippen LogP contribution is -2.31. The van der Waals surface area contributed by atoms with Crippen molar-refractivity contribution in [3.63, 3.8) is 0 Å². The summed E-state index contributed by atoms with van der Waals surface area (Å²) in [5, 5.41) is 9.11. The zero-order chi connectivity index (χ0) is 19.2. The van der Waals surface area contributed by atoms with Gasteiger partial charge in [0.1, 0.15) is 11.5 Å². The number of rotatable bonds is 6. The number of anilines is 2. The van der Waals surface area contributed by atoms with Gasteiger partial charge in [-0.1, -0.05) is 35.5 Å². The van der Waals surface area contributed by atoms with E-state index in [4.69, 9.17) is 9.26 Å². The van der Waals surface area contributed by atoms with Crippen molar-refractivity contribution in [2.45, 2.75) is 20.0 Å². The molecule has 3 aromatic rings. The molecule has 138 valence electrons. The van der Waals surface area contributed by atoms with Crippen LogP contribution in [0.4, 0.5) is 11.5 Å². The molecule has 1 aromatic heterocycles. The molecule has 2 aromatic carbocycles. The fourth-order valence-electron chi connectivity index (χ4n) is 2.37. The number of nitrogens with one attached hydrogen (secondary N) is 2. The Balaban J connectivity index is 1.69. The summed E-state index contributed by atoms with van der Waals surface area (Å²) in [6.45, 7) is 3.32. The van der Waals surface area contributed by atoms with E-state index in [0.29, 0.717) is 28.6 Å². The SMILES string of the molecule is Cc1cc(NC(=O)[C@H](C)Oc2ccccc2C(=O)Nc2ccccc2)no1. The molecule has 2 amide bonds. The third-order valence-electron chi connectivity index (χ3n) is 3.72. The largest absolute Gasteiger partial charge is 0.480 e. The third kappa shape index (κ3) is 4.72. The molecule has 0 aliphatic carbocycles. The fourth-order valence-corrected chi connectivity index (χ4v) is 2.37. The maximum absolute atomic E-state index is 12.6. The van der Waals surface area contributed by atoms with Crippen LogP contribution in [0.1, 0.15) is 23.0 Å². The summed E-state index contributed by atoms with van der Waals surface area (Å²) in [4.78, 5) is 24.8. The van der Waals surface area contributed by atoms with Gasteiger partial charge >= 0.3 is 0 Å². The Morgan fingerprint density at radius 2 is 1.74 bits per heavy atom. The number of benzene rings is 2. The van der Waals surface area contributed by atoms with E-state index in [1.54, 1.807) is 56.3 Å². The van der Waals surface area contributed by atoms with Gasteiger partial charge in [-0.3, -0.25) is 9.59 Å². The van der Waals surface area contributed by atoms with Gasteiger partial charge in [-0.25, -0.2) is 0 Å². The Kier molecular flexibility index (Phi) is 5.51.